The van der Waals surface area contributed by atoms with Crippen molar-refractivity contribution >= 4 is 11.7 Å². The van der Waals surface area contributed by atoms with Crippen molar-refractivity contribution in [3.63, 3.8) is 0 Å². The first-order valence-electron chi connectivity index (χ1n) is 10.8. The summed E-state index contributed by atoms with van der Waals surface area (Å²) in [6.45, 7) is 4.67. The van der Waals surface area contributed by atoms with Crippen molar-refractivity contribution in [3.05, 3.63) is 84.2 Å². The number of nitrogens with zero attached hydrogens (tertiary/aromatic N) is 2. The highest BCUT2D eigenvalue weighted by molar-refractivity contribution is 5.98. The zero-order chi connectivity index (χ0) is 23.5. The maximum Gasteiger partial charge on any atom is 0.333 e. The number of pyridine rings is 1. The van der Waals surface area contributed by atoms with Crippen molar-refractivity contribution in [2.24, 2.45) is 5.16 Å². The largest absolute Gasteiger partial charge is 0.490 e. The Kier molecular flexibility index (Phi) is 8.97. The van der Waals surface area contributed by atoms with Crippen molar-refractivity contribution in [2.45, 2.75) is 26.4 Å². The van der Waals surface area contributed by atoms with Crippen LogP contribution in [-0.2, 0) is 20.8 Å². The highest BCUT2D eigenvalue weighted by Gasteiger charge is 2.17. The molecule has 1 unspecified atom stereocenters. The van der Waals surface area contributed by atoms with Gasteiger partial charge in [-0.1, -0.05) is 47.6 Å². The van der Waals surface area contributed by atoms with E-state index in [0.717, 1.165) is 28.0 Å². The molecular weight excluding hydrogens is 420 g/mol. The summed E-state index contributed by atoms with van der Waals surface area (Å²) in [5.41, 5.74) is 4.78. The highest BCUT2D eigenvalue weighted by Crippen LogP contribution is 2.19. The van der Waals surface area contributed by atoms with Crippen molar-refractivity contribution in [3.8, 4) is 16.9 Å². The number of rotatable bonds is 12. The van der Waals surface area contributed by atoms with Gasteiger partial charge in [-0.3, -0.25) is 4.98 Å². The molecule has 33 heavy (non-hydrogen) atoms. The van der Waals surface area contributed by atoms with Crippen molar-refractivity contribution < 1.29 is 24.2 Å². The number of hydrogen-bond acceptors (Lipinski definition) is 6. The van der Waals surface area contributed by atoms with E-state index in [9.17, 15) is 9.90 Å². The van der Waals surface area contributed by atoms with Gasteiger partial charge >= 0.3 is 5.97 Å². The highest BCUT2D eigenvalue weighted by atomic mass is 16.6. The topological polar surface area (TPSA) is 90.2 Å². The smallest absolute Gasteiger partial charge is 0.333 e. The van der Waals surface area contributed by atoms with Crippen LogP contribution < -0.4 is 4.74 Å². The average Bonchev–Trinajstić information content (AvgIpc) is 2.85. The maximum absolute atomic E-state index is 11.2. The number of oxime groups is 1. The number of carboxylic acid groups (broad SMARTS) is 1. The fourth-order valence-corrected chi connectivity index (χ4v) is 3.18. The molecule has 0 saturated heterocycles. The van der Waals surface area contributed by atoms with Crippen LogP contribution in [0.3, 0.4) is 0 Å². The Labute approximate surface area is 193 Å². The zero-order valence-corrected chi connectivity index (χ0v) is 18.8. The van der Waals surface area contributed by atoms with E-state index in [1.807, 2.05) is 61.7 Å². The molecule has 7 heteroatoms. The number of carbonyl (C=O) groups is 1. The van der Waals surface area contributed by atoms with Crippen LogP contribution in [0.25, 0.3) is 11.1 Å². The van der Waals surface area contributed by atoms with Gasteiger partial charge < -0.3 is 19.4 Å². The van der Waals surface area contributed by atoms with Crippen LogP contribution in [0.1, 0.15) is 25.0 Å². The van der Waals surface area contributed by atoms with Crippen molar-refractivity contribution in [2.75, 3.05) is 19.8 Å². The molecular formula is C26H28N2O5. The zero-order valence-electron chi connectivity index (χ0n) is 18.8. The van der Waals surface area contributed by atoms with E-state index in [-0.39, 0.29) is 0 Å². The van der Waals surface area contributed by atoms with Gasteiger partial charge in [0.1, 0.15) is 12.4 Å². The Morgan fingerprint density at radius 3 is 2.42 bits per heavy atom. The molecule has 2 aromatic carbocycles. The Hall–Kier alpha value is -3.71. The molecule has 3 aromatic rings. The van der Waals surface area contributed by atoms with Crippen LogP contribution in [0.2, 0.25) is 0 Å². The lowest BCUT2D eigenvalue weighted by atomic mass is 10.0. The van der Waals surface area contributed by atoms with Crippen LogP contribution in [0.5, 0.6) is 5.75 Å². The fraction of sp³-hybridized carbons (Fsp3) is 0.269. The monoisotopic (exact) mass is 448 g/mol. The molecule has 0 amide bonds. The summed E-state index contributed by atoms with van der Waals surface area (Å²) >= 11 is 0. The first-order valence-corrected chi connectivity index (χ1v) is 10.8. The molecule has 0 aliphatic rings. The van der Waals surface area contributed by atoms with E-state index >= 15 is 0 Å². The van der Waals surface area contributed by atoms with Gasteiger partial charge in [-0.05, 0) is 54.3 Å². The Morgan fingerprint density at radius 2 is 1.79 bits per heavy atom. The average molecular weight is 449 g/mol. The Bertz CT molecular complexity index is 1030. The van der Waals surface area contributed by atoms with Gasteiger partial charge in [0.2, 0.25) is 0 Å². The van der Waals surface area contributed by atoms with Gasteiger partial charge in [-0.15, -0.1) is 0 Å². The molecule has 0 bridgehead atoms. The summed E-state index contributed by atoms with van der Waals surface area (Å²) in [5, 5.41) is 13.3. The normalized spacial score (nSPS) is 12.2. The van der Waals surface area contributed by atoms with Crippen LogP contribution in [0, 0.1) is 0 Å². The van der Waals surface area contributed by atoms with Crippen LogP contribution in [-0.4, -0.2) is 47.7 Å². The molecule has 1 N–H and O–H groups in total. The second kappa shape index (κ2) is 12.4. The number of aromatic nitrogens is 1. The molecule has 1 heterocycles. The van der Waals surface area contributed by atoms with Gasteiger partial charge in [-0.25, -0.2) is 4.79 Å². The van der Waals surface area contributed by atoms with Crippen LogP contribution in [0.15, 0.2) is 78.2 Å². The third-order valence-corrected chi connectivity index (χ3v) is 4.93. The van der Waals surface area contributed by atoms with Gasteiger partial charge in [0.25, 0.3) is 0 Å². The molecule has 0 fully saturated rings. The lowest BCUT2D eigenvalue weighted by molar-refractivity contribution is -0.149. The fourth-order valence-electron chi connectivity index (χ4n) is 3.18. The van der Waals surface area contributed by atoms with E-state index in [4.69, 9.17) is 14.3 Å². The minimum absolute atomic E-state index is 0.304. The first-order chi connectivity index (χ1) is 16.1. The second-order valence-electron chi connectivity index (χ2n) is 7.31. The van der Waals surface area contributed by atoms with E-state index < -0.39 is 12.1 Å². The summed E-state index contributed by atoms with van der Waals surface area (Å²) in [7, 11) is 0. The summed E-state index contributed by atoms with van der Waals surface area (Å²) in [6.07, 6.45) is 3.05. The Morgan fingerprint density at radius 1 is 1.03 bits per heavy atom. The Balaban J connectivity index is 1.42. The van der Waals surface area contributed by atoms with E-state index in [1.54, 1.807) is 25.3 Å². The molecule has 0 aliphatic carbocycles. The molecule has 0 radical (unpaired) electrons. The summed E-state index contributed by atoms with van der Waals surface area (Å²) in [5.74, 6) is -0.285. The minimum Gasteiger partial charge on any atom is -0.490 e. The first kappa shape index (κ1) is 23.9. The number of carboxylic acids is 1. The van der Waals surface area contributed by atoms with Crippen LogP contribution in [0.4, 0.5) is 0 Å². The van der Waals surface area contributed by atoms with Gasteiger partial charge in [0.05, 0.1) is 5.71 Å². The number of ether oxygens (including phenoxy) is 2. The molecule has 1 aromatic heterocycles. The van der Waals surface area contributed by atoms with E-state index in [2.05, 4.69) is 10.1 Å². The second-order valence-corrected chi connectivity index (χ2v) is 7.31. The summed E-state index contributed by atoms with van der Waals surface area (Å²) in [6, 6.07) is 19.3. The lowest BCUT2D eigenvalue weighted by Crippen LogP contribution is -2.26. The predicted molar refractivity (Wildman–Crippen MR) is 127 cm³/mol. The van der Waals surface area contributed by atoms with E-state index in [0.29, 0.717) is 32.0 Å². The molecule has 0 saturated carbocycles. The third-order valence-electron chi connectivity index (χ3n) is 4.93. The maximum atomic E-state index is 11.2. The summed E-state index contributed by atoms with van der Waals surface area (Å²) in [4.78, 5) is 20.7. The predicted octanol–water partition coefficient (Wildman–Crippen LogP) is 4.60. The molecule has 1 atom stereocenters. The molecule has 0 aliphatic heterocycles. The number of hydrogen-bond donors (Lipinski definition) is 1. The SMILES string of the molecule is CCOC(Cc1ccc(OCCO/N=C(/C)c2ccc(-c3cccnc3)cc2)cc1)C(=O)O. The molecule has 7 nitrogen and oxygen atoms in total. The van der Waals surface area contributed by atoms with Crippen molar-refractivity contribution in [1.82, 2.24) is 4.98 Å². The quantitative estimate of drug-likeness (QED) is 0.247. The number of aliphatic carboxylic acids is 1. The van der Waals surface area contributed by atoms with Gasteiger partial charge in [-0.2, -0.15) is 0 Å². The molecule has 172 valence electrons. The van der Waals surface area contributed by atoms with Gasteiger partial charge in [0.15, 0.2) is 12.7 Å². The molecule has 0 spiro atoms. The van der Waals surface area contributed by atoms with Gasteiger partial charge in [0, 0.05) is 25.4 Å². The standard InChI is InChI=1S/C26H28N2O5/c1-3-31-25(26(29)30)17-20-6-12-24(13-7-20)32-15-16-33-28-19(2)21-8-10-22(11-9-21)23-5-4-14-27-18-23/h4-14,18,25H,3,15-17H2,1-2H3,(H,29,30)/b28-19-. The minimum atomic E-state index is -0.963. The van der Waals surface area contributed by atoms with Crippen molar-refractivity contribution in [1.29, 1.82) is 0 Å². The third kappa shape index (κ3) is 7.43. The summed E-state index contributed by atoms with van der Waals surface area (Å²) < 4.78 is 10.9. The van der Waals surface area contributed by atoms with Crippen LogP contribution >= 0.6 is 0 Å². The number of benzene rings is 2. The molecule has 3 rings (SSSR count). The van der Waals surface area contributed by atoms with E-state index in [1.165, 1.54) is 0 Å². The lowest BCUT2D eigenvalue weighted by Gasteiger charge is -2.12.